The van der Waals surface area contributed by atoms with Crippen LogP contribution in [-0.4, -0.2) is 55.9 Å². The molecule has 0 N–H and O–H groups in total. The summed E-state index contributed by atoms with van der Waals surface area (Å²) in [7, 11) is -3.09. The van der Waals surface area contributed by atoms with E-state index in [9.17, 15) is 18.0 Å². The molecule has 28 heavy (non-hydrogen) atoms. The minimum atomic E-state index is -3.09. The lowest BCUT2D eigenvalue weighted by Crippen LogP contribution is -2.43. The maximum atomic E-state index is 12.4. The predicted octanol–water partition coefficient (Wildman–Crippen LogP) is 2.17. The first kappa shape index (κ1) is 20.4. The molecule has 1 fully saturated rings. The number of hydrogen-bond acceptors (Lipinski definition) is 6. The minimum absolute atomic E-state index is 0.00666. The summed E-state index contributed by atoms with van der Waals surface area (Å²) >= 11 is 0. The largest absolute Gasteiger partial charge is 0.464 e. The normalized spacial score (nSPS) is 18.3. The Morgan fingerprint density at radius 2 is 1.96 bits per heavy atom. The Bertz CT molecular complexity index is 1010. The SMILES string of the molecule is CCN(C(=O)COC(=O)Cc1coc2cc(C)c(C)cc12)[C@@H]1CCS(=O)(=O)C1. The van der Waals surface area contributed by atoms with Crippen LogP contribution in [0, 0.1) is 13.8 Å². The number of nitrogens with zero attached hydrogens (tertiary/aromatic N) is 1. The number of sulfone groups is 1. The summed E-state index contributed by atoms with van der Waals surface area (Å²) in [5.74, 6) is -0.834. The monoisotopic (exact) mass is 407 g/mol. The highest BCUT2D eigenvalue weighted by molar-refractivity contribution is 7.91. The van der Waals surface area contributed by atoms with Gasteiger partial charge in [0.25, 0.3) is 5.91 Å². The molecule has 1 saturated heterocycles. The number of hydrogen-bond donors (Lipinski definition) is 0. The molecule has 1 amide bonds. The molecule has 3 rings (SSSR count). The average Bonchev–Trinajstić information content (AvgIpc) is 3.17. The zero-order chi connectivity index (χ0) is 20.5. The number of benzene rings is 1. The fourth-order valence-electron chi connectivity index (χ4n) is 3.56. The highest BCUT2D eigenvalue weighted by Gasteiger charge is 2.34. The van der Waals surface area contributed by atoms with E-state index in [1.807, 2.05) is 26.0 Å². The van der Waals surface area contributed by atoms with Crippen LogP contribution >= 0.6 is 0 Å². The third-order valence-corrected chi connectivity index (χ3v) is 7.02. The molecule has 0 radical (unpaired) electrons. The molecule has 7 nitrogen and oxygen atoms in total. The van der Waals surface area contributed by atoms with Gasteiger partial charge in [-0.25, -0.2) is 8.42 Å². The van der Waals surface area contributed by atoms with E-state index < -0.39 is 22.4 Å². The standard InChI is InChI=1S/C20H25NO6S/c1-4-21(16-5-6-28(24,25)12-16)19(22)11-27-20(23)9-15-10-26-18-8-14(3)13(2)7-17(15)18/h7-8,10,16H,4-6,9,11-12H2,1-3H3/t16-/m1/s1. The van der Waals surface area contributed by atoms with Crippen molar-refractivity contribution in [2.75, 3.05) is 24.7 Å². The number of furan rings is 1. The van der Waals surface area contributed by atoms with Crippen LogP contribution in [0.5, 0.6) is 0 Å². The summed E-state index contributed by atoms with van der Waals surface area (Å²) in [4.78, 5) is 26.1. The number of likely N-dealkylation sites (N-methyl/N-ethyl adjacent to an activating group) is 1. The quantitative estimate of drug-likeness (QED) is 0.681. The van der Waals surface area contributed by atoms with E-state index in [2.05, 4.69) is 0 Å². The van der Waals surface area contributed by atoms with Gasteiger partial charge in [0.15, 0.2) is 16.4 Å². The van der Waals surface area contributed by atoms with Crippen molar-refractivity contribution < 1.29 is 27.2 Å². The number of aryl methyl sites for hydroxylation is 2. The third-order valence-electron chi connectivity index (χ3n) is 5.27. The molecule has 1 aliphatic rings. The lowest BCUT2D eigenvalue weighted by molar-refractivity contribution is -0.152. The summed E-state index contributed by atoms with van der Waals surface area (Å²) in [6, 6.07) is 3.56. The number of carbonyl (C=O) groups is 2. The molecule has 0 unspecified atom stereocenters. The molecule has 152 valence electrons. The first-order valence-electron chi connectivity index (χ1n) is 9.33. The Labute approximate surface area is 164 Å². The Morgan fingerprint density at radius 3 is 2.61 bits per heavy atom. The van der Waals surface area contributed by atoms with E-state index >= 15 is 0 Å². The second-order valence-corrected chi connectivity index (χ2v) is 9.50. The van der Waals surface area contributed by atoms with Crippen molar-refractivity contribution in [3.63, 3.8) is 0 Å². The molecule has 1 aromatic heterocycles. The van der Waals surface area contributed by atoms with Gasteiger partial charge in [-0.15, -0.1) is 0 Å². The molecule has 8 heteroatoms. The molecule has 0 saturated carbocycles. The van der Waals surface area contributed by atoms with E-state index in [1.54, 1.807) is 6.92 Å². The van der Waals surface area contributed by atoms with Crippen molar-refractivity contribution >= 4 is 32.7 Å². The number of rotatable bonds is 6. The van der Waals surface area contributed by atoms with Crippen molar-refractivity contribution in [1.29, 1.82) is 0 Å². The van der Waals surface area contributed by atoms with Gasteiger partial charge >= 0.3 is 5.97 Å². The average molecular weight is 407 g/mol. The van der Waals surface area contributed by atoms with Gasteiger partial charge < -0.3 is 14.1 Å². The van der Waals surface area contributed by atoms with Gasteiger partial charge in [0.05, 0.1) is 24.2 Å². The number of esters is 1. The van der Waals surface area contributed by atoms with E-state index in [-0.39, 0.29) is 29.9 Å². The Hall–Kier alpha value is -2.35. The second-order valence-electron chi connectivity index (χ2n) is 7.27. The van der Waals surface area contributed by atoms with Crippen LogP contribution in [0.3, 0.4) is 0 Å². The van der Waals surface area contributed by atoms with Gasteiger partial charge in [-0.1, -0.05) is 0 Å². The summed E-state index contributed by atoms with van der Waals surface area (Å²) in [5, 5.41) is 0.859. The van der Waals surface area contributed by atoms with Crippen molar-refractivity contribution in [1.82, 2.24) is 4.90 Å². The molecule has 1 atom stereocenters. The van der Waals surface area contributed by atoms with Gasteiger partial charge in [0, 0.05) is 23.5 Å². The number of amides is 1. The van der Waals surface area contributed by atoms with E-state index in [0.717, 1.165) is 16.5 Å². The summed E-state index contributed by atoms with van der Waals surface area (Å²) in [6.45, 7) is 5.75. The van der Waals surface area contributed by atoms with Gasteiger partial charge in [-0.05, 0) is 50.5 Å². The topological polar surface area (TPSA) is 93.9 Å². The number of ether oxygens (including phenoxy) is 1. The van der Waals surface area contributed by atoms with Gasteiger partial charge in [-0.2, -0.15) is 0 Å². The van der Waals surface area contributed by atoms with Crippen LogP contribution in [0.15, 0.2) is 22.8 Å². The fraction of sp³-hybridized carbons (Fsp3) is 0.500. The maximum absolute atomic E-state index is 12.4. The van der Waals surface area contributed by atoms with E-state index in [1.165, 1.54) is 11.2 Å². The van der Waals surface area contributed by atoms with Crippen LogP contribution in [0.2, 0.25) is 0 Å². The molecular formula is C20H25NO6S. The van der Waals surface area contributed by atoms with Crippen molar-refractivity contribution in [2.24, 2.45) is 0 Å². The summed E-state index contributed by atoms with van der Waals surface area (Å²) in [6.07, 6.45) is 1.97. The van der Waals surface area contributed by atoms with Crippen molar-refractivity contribution in [2.45, 2.75) is 39.7 Å². The van der Waals surface area contributed by atoms with E-state index in [0.29, 0.717) is 24.1 Å². The second kappa shape index (κ2) is 7.95. The van der Waals surface area contributed by atoms with Crippen LogP contribution in [0.4, 0.5) is 0 Å². The summed E-state index contributed by atoms with van der Waals surface area (Å²) < 4.78 is 34.0. The minimum Gasteiger partial charge on any atom is -0.464 e. The fourth-order valence-corrected chi connectivity index (χ4v) is 5.29. The molecule has 2 aromatic rings. The van der Waals surface area contributed by atoms with Gasteiger partial charge in [-0.3, -0.25) is 9.59 Å². The maximum Gasteiger partial charge on any atom is 0.310 e. The molecule has 0 bridgehead atoms. The molecule has 1 aliphatic heterocycles. The van der Waals surface area contributed by atoms with Crippen molar-refractivity contribution in [3.05, 3.63) is 35.1 Å². The predicted molar refractivity (Wildman–Crippen MR) is 105 cm³/mol. The first-order valence-corrected chi connectivity index (χ1v) is 11.1. The van der Waals surface area contributed by atoms with E-state index in [4.69, 9.17) is 9.15 Å². The van der Waals surface area contributed by atoms with Crippen LogP contribution in [0.1, 0.15) is 30.0 Å². The molecule has 1 aromatic carbocycles. The molecular weight excluding hydrogens is 382 g/mol. The van der Waals surface area contributed by atoms with Crippen LogP contribution in [-0.2, 0) is 30.6 Å². The van der Waals surface area contributed by atoms with Crippen LogP contribution in [0.25, 0.3) is 11.0 Å². The number of fused-ring (bicyclic) bond motifs is 1. The van der Waals surface area contributed by atoms with Crippen molar-refractivity contribution in [3.8, 4) is 0 Å². The summed E-state index contributed by atoms with van der Waals surface area (Å²) in [5.41, 5.74) is 3.63. The molecule has 0 aliphatic carbocycles. The highest BCUT2D eigenvalue weighted by atomic mass is 32.2. The highest BCUT2D eigenvalue weighted by Crippen LogP contribution is 2.25. The third kappa shape index (κ3) is 4.38. The zero-order valence-electron chi connectivity index (χ0n) is 16.4. The van der Waals surface area contributed by atoms with Crippen LogP contribution < -0.4 is 0 Å². The number of carbonyl (C=O) groups excluding carboxylic acids is 2. The van der Waals surface area contributed by atoms with Gasteiger partial charge in [0.1, 0.15) is 5.58 Å². The first-order chi connectivity index (χ1) is 13.2. The smallest absolute Gasteiger partial charge is 0.310 e. The van der Waals surface area contributed by atoms with Gasteiger partial charge in [0.2, 0.25) is 0 Å². The lowest BCUT2D eigenvalue weighted by atomic mass is 10.0. The Morgan fingerprint density at radius 1 is 1.25 bits per heavy atom. The Balaban J connectivity index is 1.59. The zero-order valence-corrected chi connectivity index (χ0v) is 17.2. The molecule has 2 heterocycles. The Kier molecular flexibility index (Phi) is 5.79. The lowest BCUT2D eigenvalue weighted by Gasteiger charge is -2.26. The molecule has 0 spiro atoms.